The minimum atomic E-state index is -0.626. The Bertz CT molecular complexity index is 599. The molecule has 4 aliphatic rings. The average molecular weight is 423 g/mol. The van der Waals surface area contributed by atoms with Crippen molar-refractivity contribution in [2.75, 3.05) is 19.0 Å². The van der Waals surface area contributed by atoms with Crippen molar-refractivity contribution in [3.63, 3.8) is 0 Å². The van der Waals surface area contributed by atoms with Crippen molar-refractivity contribution in [2.24, 2.45) is 35.0 Å². The van der Waals surface area contributed by atoms with E-state index in [0.717, 1.165) is 42.3 Å². The predicted molar refractivity (Wildman–Crippen MR) is 110 cm³/mol. The molecule has 3 fully saturated rings. The number of halogens is 1. The smallest absolute Gasteiger partial charge is 0.0917 e. The second kappa shape index (κ2) is 7.04. The van der Waals surface area contributed by atoms with Crippen LogP contribution in [-0.4, -0.2) is 29.8 Å². The Hall–Kier alpha value is -0.120. The van der Waals surface area contributed by atoms with E-state index in [9.17, 15) is 5.11 Å². The zero-order valence-electron chi connectivity index (χ0n) is 16.5. The molecule has 1 N–H and O–H groups in total. The molecule has 0 aromatic heterocycles. The van der Waals surface area contributed by atoms with Crippen LogP contribution < -0.4 is 0 Å². The first-order valence-corrected chi connectivity index (χ1v) is 11.7. The van der Waals surface area contributed by atoms with Crippen LogP contribution in [0.1, 0.15) is 58.3 Å². The Kier molecular flexibility index (Phi) is 5.20. The quantitative estimate of drug-likeness (QED) is 0.478. The fraction of sp³-hybridized carbons (Fsp3) is 0.826. The molecule has 4 rings (SSSR count). The highest BCUT2D eigenvalue weighted by Crippen LogP contribution is 2.64. The van der Waals surface area contributed by atoms with Gasteiger partial charge in [0.05, 0.1) is 12.2 Å². The number of hydrogen-bond donors (Lipinski definition) is 1. The van der Waals surface area contributed by atoms with E-state index in [-0.39, 0.29) is 0 Å². The number of methoxy groups -OCH3 is 1. The van der Waals surface area contributed by atoms with Gasteiger partial charge in [0.2, 0.25) is 0 Å². The third-order valence-corrected chi connectivity index (χ3v) is 9.39. The largest absolute Gasteiger partial charge is 0.387 e. The van der Waals surface area contributed by atoms with E-state index in [1.54, 1.807) is 12.7 Å². The highest BCUT2D eigenvalue weighted by Gasteiger charge is 2.56. The molecule has 0 spiro atoms. The van der Waals surface area contributed by atoms with Gasteiger partial charge in [0, 0.05) is 12.4 Å². The number of hydrogen-bond acceptors (Lipinski definition) is 2. The number of rotatable bonds is 4. The summed E-state index contributed by atoms with van der Waals surface area (Å²) in [5.41, 5.74) is 2.80. The maximum Gasteiger partial charge on any atom is 0.0917 e. The number of allylic oxidation sites excluding steroid dienone is 2. The van der Waals surface area contributed by atoms with Gasteiger partial charge >= 0.3 is 0 Å². The van der Waals surface area contributed by atoms with Crippen molar-refractivity contribution < 1.29 is 9.84 Å². The molecule has 2 nitrogen and oxygen atoms in total. The maximum atomic E-state index is 10.8. The first-order chi connectivity index (χ1) is 12.4. The third kappa shape index (κ3) is 2.97. The Morgan fingerprint density at radius 3 is 2.81 bits per heavy atom. The molecule has 26 heavy (non-hydrogen) atoms. The summed E-state index contributed by atoms with van der Waals surface area (Å²) in [6, 6.07) is 0. The number of alkyl halides is 1. The highest BCUT2D eigenvalue weighted by molar-refractivity contribution is 9.09. The second-order valence-corrected chi connectivity index (χ2v) is 10.5. The molecule has 0 aromatic carbocycles. The van der Waals surface area contributed by atoms with Gasteiger partial charge in [-0.2, -0.15) is 0 Å². The Morgan fingerprint density at radius 1 is 1.27 bits per heavy atom. The van der Waals surface area contributed by atoms with Crippen LogP contribution in [0.15, 0.2) is 23.8 Å². The van der Waals surface area contributed by atoms with Crippen LogP contribution in [0.5, 0.6) is 0 Å². The van der Waals surface area contributed by atoms with E-state index in [0.29, 0.717) is 23.9 Å². The monoisotopic (exact) mass is 422 g/mol. The maximum absolute atomic E-state index is 10.8. The van der Waals surface area contributed by atoms with Crippen LogP contribution in [0.2, 0.25) is 0 Å². The SMILES string of the molecule is C=C(CBr)[C@H]1CC[C@H]2[C@@H]3CC=C4C[C@@](O)(COC)CC[C@@H]4[C@H]3CC[C@]12C. The summed E-state index contributed by atoms with van der Waals surface area (Å²) in [5, 5.41) is 11.8. The fourth-order valence-electron chi connectivity index (χ4n) is 7.52. The lowest BCUT2D eigenvalue weighted by Crippen LogP contribution is -2.48. The van der Waals surface area contributed by atoms with Crippen LogP contribution in [0, 0.1) is 35.0 Å². The first-order valence-electron chi connectivity index (χ1n) is 10.6. The lowest BCUT2D eigenvalue weighted by atomic mass is 9.51. The molecule has 0 bridgehead atoms. The van der Waals surface area contributed by atoms with Gasteiger partial charge in [0.25, 0.3) is 0 Å². The summed E-state index contributed by atoms with van der Waals surface area (Å²) in [5.74, 6) is 3.98. The zero-order valence-corrected chi connectivity index (χ0v) is 18.1. The molecule has 7 atom stereocenters. The zero-order chi connectivity index (χ0) is 18.5. The van der Waals surface area contributed by atoms with Crippen molar-refractivity contribution >= 4 is 15.9 Å². The minimum Gasteiger partial charge on any atom is -0.387 e. The van der Waals surface area contributed by atoms with Crippen LogP contribution in [0.25, 0.3) is 0 Å². The van der Waals surface area contributed by atoms with Gasteiger partial charge in [-0.3, -0.25) is 0 Å². The van der Waals surface area contributed by atoms with Gasteiger partial charge in [-0.15, -0.1) is 0 Å². The molecular weight excluding hydrogens is 388 g/mol. The normalized spacial score (nSPS) is 47.5. The van der Waals surface area contributed by atoms with Gasteiger partial charge in [-0.25, -0.2) is 0 Å². The van der Waals surface area contributed by atoms with Gasteiger partial charge in [0.1, 0.15) is 0 Å². The van der Waals surface area contributed by atoms with Gasteiger partial charge < -0.3 is 9.84 Å². The summed E-state index contributed by atoms with van der Waals surface area (Å²) >= 11 is 3.66. The summed E-state index contributed by atoms with van der Waals surface area (Å²) in [7, 11) is 1.70. The molecule has 0 heterocycles. The van der Waals surface area contributed by atoms with Crippen LogP contribution in [0.3, 0.4) is 0 Å². The molecule has 0 aliphatic heterocycles. The molecule has 3 saturated carbocycles. The van der Waals surface area contributed by atoms with Crippen LogP contribution in [0.4, 0.5) is 0 Å². The third-order valence-electron chi connectivity index (χ3n) is 8.67. The summed E-state index contributed by atoms with van der Waals surface area (Å²) in [4.78, 5) is 0. The average Bonchev–Trinajstić information content (AvgIpc) is 2.98. The first kappa shape index (κ1) is 19.2. The molecular formula is C23H35BrO2. The topological polar surface area (TPSA) is 29.5 Å². The van der Waals surface area contributed by atoms with Crippen molar-refractivity contribution in [3.05, 3.63) is 23.8 Å². The summed E-state index contributed by atoms with van der Waals surface area (Å²) in [6.07, 6.45) is 12.1. The molecule has 3 heteroatoms. The lowest BCUT2D eigenvalue weighted by Gasteiger charge is -2.54. The van der Waals surface area contributed by atoms with Gasteiger partial charge in [-0.1, -0.05) is 46.7 Å². The molecule has 0 radical (unpaired) electrons. The van der Waals surface area contributed by atoms with E-state index in [1.807, 2.05) is 0 Å². The fourth-order valence-corrected chi connectivity index (χ4v) is 7.91. The van der Waals surface area contributed by atoms with E-state index in [4.69, 9.17) is 4.74 Å². The molecule has 146 valence electrons. The second-order valence-electron chi connectivity index (χ2n) is 9.89. The molecule has 0 saturated heterocycles. The van der Waals surface area contributed by atoms with Crippen LogP contribution >= 0.6 is 15.9 Å². The van der Waals surface area contributed by atoms with Crippen molar-refractivity contribution in [1.82, 2.24) is 0 Å². The lowest BCUT2D eigenvalue weighted by molar-refractivity contribution is -0.0675. The molecule has 0 aromatic rings. The van der Waals surface area contributed by atoms with E-state index in [2.05, 4.69) is 35.5 Å². The summed E-state index contributed by atoms with van der Waals surface area (Å²) < 4.78 is 5.30. The molecule has 0 amide bonds. The Labute approximate surface area is 167 Å². The van der Waals surface area contributed by atoms with Gasteiger partial charge in [-0.05, 0) is 86.4 Å². The number of ether oxygens (including phenoxy) is 1. The van der Waals surface area contributed by atoms with Crippen molar-refractivity contribution in [1.29, 1.82) is 0 Å². The van der Waals surface area contributed by atoms with Crippen LogP contribution in [-0.2, 0) is 4.74 Å². The molecule has 4 aliphatic carbocycles. The number of aliphatic hydroxyl groups is 1. The molecule has 0 unspecified atom stereocenters. The van der Waals surface area contributed by atoms with Crippen molar-refractivity contribution in [2.45, 2.75) is 63.9 Å². The standard InChI is InChI=1S/C23H35BrO2/c1-15(13-24)20-6-7-21-19-5-4-16-12-23(25,14-26-3)11-9-17(16)18(19)8-10-22(20,21)2/h4,17-21,25H,1,5-14H2,2-3H3/t17-,18+,19+,20+,21-,22+,23+/m0/s1. The predicted octanol–water partition coefficient (Wildman–Crippen LogP) is 5.50. The van der Waals surface area contributed by atoms with E-state index in [1.165, 1.54) is 37.7 Å². The Morgan fingerprint density at radius 2 is 2.08 bits per heavy atom. The van der Waals surface area contributed by atoms with E-state index >= 15 is 0 Å². The van der Waals surface area contributed by atoms with Crippen molar-refractivity contribution in [3.8, 4) is 0 Å². The Balaban J connectivity index is 1.55. The summed E-state index contributed by atoms with van der Waals surface area (Å²) in [6.45, 7) is 7.44. The minimum absolute atomic E-state index is 0.461. The number of fused-ring (bicyclic) bond motifs is 5. The van der Waals surface area contributed by atoms with E-state index < -0.39 is 5.60 Å². The highest BCUT2D eigenvalue weighted by atomic mass is 79.9. The van der Waals surface area contributed by atoms with Gasteiger partial charge in [0.15, 0.2) is 0 Å².